The predicted octanol–water partition coefficient (Wildman–Crippen LogP) is 6.28. The predicted molar refractivity (Wildman–Crippen MR) is 125 cm³/mol. The molecule has 4 bridgehead atoms. The van der Waals surface area contributed by atoms with Crippen LogP contribution in [-0.4, -0.2) is 21.4 Å². The second-order valence-corrected chi connectivity index (χ2v) is 11.2. The molecule has 1 heterocycles. The van der Waals surface area contributed by atoms with E-state index in [1.54, 1.807) is 0 Å². The average molecular weight is 433 g/mol. The fourth-order valence-corrected chi connectivity index (χ4v) is 7.82. The van der Waals surface area contributed by atoms with Gasteiger partial charge in [0, 0.05) is 12.5 Å². The van der Waals surface area contributed by atoms with Crippen molar-refractivity contribution in [3.05, 3.63) is 53.1 Å². The molecule has 4 heteroatoms. The number of aldehydes is 1. The molecule has 0 radical (unpaired) electrons. The molecule has 32 heavy (non-hydrogen) atoms. The van der Waals surface area contributed by atoms with Crippen molar-refractivity contribution in [2.24, 2.45) is 17.8 Å². The minimum atomic E-state index is 0.0434. The van der Waals surface area contributed by atoms with Crippen LogP contribution in [0.2, 0.25) is 0 Å². The van der Waals surface area contributed by atoms with Crippen molar-refractivity contribution in [1.82, 2.24) is 9.55 Å². The number of imidazole rings is 1. The van der Waals surface area contributed by atoms with E-state index in [0.29, 0.717) is 18.2 Å². The number of carbonyl (C=O) groups excluding carboxylic acids is 1. The van der Waals surface area contributed by atoms with Crippen LogP contribution in [0.15, 0.2) is 30.3 Å². The fraction of sp³-hybridized carbons (Fsp3) is 0.643. The molecule has 0 unspecified atom stereocenters. The molecule has 2 aromatic rings. The average Bonchev–Trinajstić information content (AvgIpc) is 3.15. The summed E-state index contributed by atoms with van der Waals surface area (Å²) in [5.41, 5.74) is 2.91. The third kappa shape index (κ3) is 3.85. The number of nitrogens with zero attached hydrogens (tertiary/aromatic N) is 2. The number of ether oxygens (including phenoxy) is 1. The topological polar surface area (TPSA) is 44.1 Å². The minimum Gasteiger partial charge on any atom is -0.369 e. The van der Waals surface area contributed by atoms with E-state index in [9.17, 15) is 4.79 Å². The number of benzene rings is 1. The van der Waals surface area contributed by atoms with Crippen LogP contribution < -0.4 is 0 Å². The van der Waals surface area contributed by atoms with Crippen LogP contribution in [0.3, 0.4) is 0 Å². The minimum absolute atomic E-state index is 0.0434. The van der Waals surface area contributed by atoms with E-state index in [4.69, 9.17) is 9.72 Å². The molecule has 5 fully saturated rings. The Kier molecular flexibility index (Phi) is 5.45. The number of aromatic nitrogens is 2. The number of hydrogen-bond acceptors (Lipinski definition) is 3. The van der Waals surface area contributed by atoms with Gasteiger partial charge in [-0.1, -0.05) is 49.6 Å². The smallest absolute Gasteiger partial charge is 0.170 e. The van der Waals surface area contributed by atoms with E-state index in [0.717, 1.165) is 42.1 Å². The first-order valence-electron chi connectivity index (χ1n) is 12.9. The number of hydrogen-bond donors (Lipinski definition) is 0. The van der Waals surface area contributed by atoms with Crippen molar-refractivity contribution in [2.75, 3.05) is 0 Å². The van der Waals surface area contributed by atoms with Crippen molar-refractivity contribution in [1.29, 1.82) is 0 Å². The summed E-state index contributed by atoms with van der Waals surface area (Å²) in [5, 5.41) is 0. The molecule has 5 saturated carbocycles. The number of carbonyl (C=O) groups is 1. The standard InChI is InChI=1S/C28H36N2O2/c31-18-25-26(19-32-28-14-21-11-22(15-28)13-23(12-21)16-28)30(17-20-7-3-1-4-8-20)27(29-25)24-9-5-2-6-10-24/h1,3-4,7-8,18,21-24H,2,5-6,9-17,19H2. The molecule has 1 aromatic carbocycles. The quantitative estimate of drug-likeness (QED) is 0.484. The Morgan fingerprint density at radius 2 is 1.62 bits per heavy atom. The van der Waals surface area contributed by atoms with Gasteiger partial charge < -0.3 is 9.30 Å². The highest BCUT2D eigenvalue weighted by Crippen LogP contribution is 2.57. The van der Waals surface area contributed by atoms with Gasteiger partial charge in [0.15, 0.2) is 6.29 Å². The van der Waals surface area contributed by atoms with Crippen molar-refractivity contribution < 1.29 is 9.53 Å². The Hall–Kier alpha value is -1.94. The zero-order valence-corrected chi connectivity index (χ0v) is 19.2. The molecule has 0 aliphatic heterocycles. The molecule has 0 amide bonds. The summed E-state index contributed by atoms with van der Waals surface area (Å²) in [6, 6.07) is 10.6. The first-order chi connectivity index (χ1) is 15.7. The van der Waals surface area contributed by atoms with Crippen molar-refractivity contribution in [3.8, 4) is 0 Å². The van der Waals surface area contributed by atoms with Gasteiger partial charge in [-0.2, -0.15) is 0 Å². The summed E-state index contributed by atoms with van der Waals surface area (Å²) >= 11 is 0. The van der Waals surface area contributed by atoms with Gasteiger partial charge in [-0.25, -0.2) is 4.98 Å². The Bertz CT molecular complexity index is 922. The molecule has 1 aromatic heterocycles. The molecule has 0 spiro atoms. The zero-order chi connectivity index (χ0) is 21.5. The largest absolute Gasteiger partial charge is 0.369 e. The van der Waals surface area contributed by atoms with Gasteiger partial charge in [-0.05, 0) is 74.7 Å². The lowest BCUT2D eigenvalue weighted by Crippen LogP contribution is -2.51. The first-order valence-corrected chi connectivity index (χ1v) is 12.9. The molecule has 0 N–H and O–H groups in total. The van der Waals surface area contributed by atoms with Crippen LogP contribution in [0.5, 0.6) is 0 Å². The fourth-order valence-electron chi connectivity index (χ4n) is 7.82. The van der Waals surface area contributed by atoms with Gasteiger partial charge >= 0.3 is 0 Å². The van der Waals surface area contributed by atoms with Gasteiger partial charge in [-0.3, -0.25) is 4.79 Å². The van der Waals surface area contributed by atoms with Gasteiger partial charge in [-0.15, -0.1) is 0 Å². The normalized spacial score (nSPS) is 31.8. The third-order valence-corrected chi connectivity index (χ3v) is 8.90. The van der Waals surface area contributed by atoms with Gasteiger partial charge in [0.2, 0.25) is 0 Å². The highest BCUT2D eigenvalue weighted by molar-refractivity contribution is 5.74. The van der Waals surface area contributed by atoms with Crippen LogP contribution in [0, 0.1) is 17.8 Å². The van der Waals surface area contributed by atoms with Gasteiger partial charge in [0.25, 0.3) is 0 Å². The third-order valence-electron chi connectivity index (χ3n) is 8.90. The van der Waals surface area contributed by atoms with Crippen LogP contribution in [0.25, 0.3) is 0 Å². The Balaban J connectivity index is 1.31. The maximum Gasteiger partial charge on any atom is 0.170 e. The summed E-state index contributed by atoms with van der Waals surface area (Å²) < 4.78 is 9.17. The number of rotatable bonds is 7. The Labute approximate surface area is 191 Å². The van der Waals surface area contributed by atoms with E-state index in [2.05, 4.69) is 34.9 Å². The lowest BCUT2D eigenvalue weighted by Gasteiger charge is -2.56. The molecule has 0 atom stereocenters. The lowest BCUT2D eigenvalue weighted by molar-refractivity contribution is -0.169. The van der Waals surface area contributed by atoms with Crippen LogP contribution in [0.4, 0.5) is 0 Å². The molecule has 7 rings (SSSR count). The maximum atomic E-state index is 12.1. The molecule has 170 valence electrons. The second kappa shape index (κ2) is 8.44. The SMILES string of the molecule is O=Cc1nc(C2CCCCC2)n(Cc2ccccc2)c1COC12CC3CC(CC(C3)C1)C2. The van der Waals surface area contributed by atoms with E-state index in [-0.39, 0.29) is 5.60 Å². The molecule has 5 aliphatic rings. The molecule has 0 saturated heterocycles. The van der Waals surface area contributed by atoms with E-state index >= 15 is 0 Å². The van der Waals surface area contributed by atoms with Gasteiger partial charge in [0.1, 0.15) is 11.5 Å². The van der Waals surface area contributed by atoms with Gasteiger partial charge in [0.05, 0.1) is 17.9 Å². The van der Waals surface area contributed by atoms with Crippen LogP contribution in [0.1, 0.15) is 104 Å². The molecule has 5 aliphatic carbocycles. The second-order valence-electron chi connectivity index (χ2n) is 11.2. The van der Waals surface area contributed by atoms with Crippen molar-refractivity contribution in [2.45, 2.75) is 95.3 Å². The Morgan fingerprint density at radius 3 is 2.25 bits per heavy atom. The maximum absolute atomic E-state index is 12.1. The Morgan fingerprint density at radius 1 is 0.969 bits per heavy atom. The summed E-state index contributed by atoms with van der Waals surface area (Å²) in [4.78, 5) is 17.0. The summed E-state index contributed by atoms with van der Waals surface area (Å²) in [7, 11) is 0. The molecular weight excluding hydrogens is 396 g/mol. The molecular formula is C28H36N2O2. The van der Waals surface area contributed by atoms with E-state index < -0.39 is 0 Å². The van der Waals surface area contributed by atoms with E-state index in [1.165, 1.54) is 76.2 Å². The summed E-state index contributed by atoms with van der Waals surface area (Å²) in [6.07, 6.45) is 15.1. The first kappa shape index (κ1) is 20.7. The zero-order valence-electron chi connectivity index (χ0n) is 19.2. The summed E-state index contributed by atoms with van der Waals surface area (Å²) in [5.74, 6) is 4.15. The van der Waals surface area contributed by atoms with Crippen molar-refractivity contribution >= 4 is 6.29 Å². The van der Waals surface area contributed by atoms with Crippen LogP contribution >= 0.6 is 0 Å². The highest BCUT2D eigenvalue weighted by atomic mass is 16.5. The molecule has 4 nitrogen and oxygen atoms in total. The van der Waals surface area contributed by atoms with Crippen molar-refractivity contribution in [3.63, 3.8) is 0 Å². The summed E-state index contributed by atoms with van der Waals surface area (Å²) in [6.45, 7) is 1.29. The monoisotopic (exact) mass is 432 g/mol. The van der Waals surface area contributed by atoms with E-state index in [1.807, 2.05) is 0 Å². The highest BCUT2D eigenvalue weighted by Gasteiger charge is 2.51. The lowest BCUT2D eigenvalue weighted by atomic mass is 9.54. The van der Waals surface area contributed by atoms with Crippen LogP contribution in [-0.2, 0) is 17.9 Å².